The molecule has 0 atom stereocenters. The summed E-state index contributed by atoms with van der Waals surface area (Å²) in [7, 11) is 0. The Morgan fingerprint density at radius 3 is 2.24 bits per heavy atom. The number of halogens is 3. The number of amides is 1. The maximum absolute atomic E-state index is 12.7. The van der Waals surface area contributed by atoms with Crippen molar-refractivity contribution >= 4 is 11.7 Å². The zero-order valence-electron chi connectivity index (χ0n) is 11.3. The molecule has 21 heavy (non-hydrogen) atoms. The third kappa shape index (κ3) is 2.99. The second-order valence-electron chi connectivity index (χ2n) is 4.52. The van der Waals surface area contributed by atoms with E-state index in [0.717, 1.165) is 23.5 Å². The van der Waals surface area contributed by atoms with Gasteiger partial charge in [-0.15, -0.1) is 0 Å². The van der Waals surface area contributed by atoms with Gasteiger partial charge in [0.1, 0.15) is 5.69 Å². The van der Waals surface area contributed by atoms with Gasteiger partial charge in [0, 0.05) is 11.4 Å². The Hall–Kier alpha value is -2.51. The zero-order valence-corrected chi connectivity index (χ0v) is 11.3. The predicted molar refractivity (Wildman–Crippen MR) is 70.7 cm³/mol. The molecule has 0 unspecified atom stereocenters. The highest BCUT2D eigenvalue weighted by atomic mass is 19.4. The summed E-state index contributed by atoms with van der Waals surface area (Å²) < 4.78 is 39.7. The highest BCUT2D eigenvalue weighted by molar-refractivity contribution is 5.97. The zero-order chi connectivity index (χ0) is 15.8. The van der Waals surface area contributed by atoms with Crippen LogP contribution in [0.1, 0.15) is 27.4 Å². The molecule has 0 aliphatic heterocycles. The molecule has 2 aromatic heterocycles. The number of nitrogens with zero attached hydrogens (tertiary/aromatic N) is 2. The van der Waals surface area contributed by atoms with Gasteiger partial charge in [-0.2, -0.15) is 13.2 Å². The van der Waals surface area contributed by atoms with Crippen LogP contribution in [0.3, 0.4) is 0 Å². The van der Waals surface area contributed by atoms with Crippen molar-refractivity contribution in [3.63, 3.8) is 0 Å². The van der Waals surface area contributed by atoms with E-state index in [2.05, 4.69) is 10.4 Å². The lowest BCUT2D eigenvalue weighted by Crippen LogP contribution is -2.21. The number of alkyl halides is 3. The van der Waals surface area contributed by atoms with Crippen LogP contribution in [0, 0.1) is 13.8 Å². The minimum atomic E-state index is -4.60. The summed E-state index contributed by atoms with van der Waals surface area (Å²) in [6.07, 6.45) is -4.60. The van der Waals surface area contributed by atoms with Gasteiger partial charge in [0.15, 0.2) is 5.82 Å². The van der Waals surface area contributed by atoms with Gasteiger partial charge in [0.2, 0.25) is 0 Å². The molecule has 2 rings (SSSR count). The number of primary amides is 1. The molecular weight excluding hydrogens is 285 g/mol. The lowest BCUT2D eigenvalue weighted by atomic mass is 10.2. The van der Waals surface area contributed by atoms with Crippen LogP contribution in [0.15, 0.2) is 24.3 Å². The molecule has 1 amide bonds. The number of rotatable bonds is 3. The molecule has 0 bridgehead atoms. The Kier molecular flexibility index (Phi) is 3.63. The topological polar surface area (TPSA) is 72.9 Å². The van der Waals surface area contributed by atoms with Crippen LogP contribution >= 0.6 is 0 Å². The molecule has 8 heteroatoms. The van der Waals surface area contributed by atoms with E-state index in [1.165, 1.54) is 4.68 Å². The first kappa shape index (κ1) is 14.9. The van der Waals surface area contributed by atoms with Crippen LogP contribution in [0.2, 0.25) is 0 Å². The normalized spacial score (nSPS) is 11.5. The first-order chi connectivity index (χ1) is 9.70. The van der Waals surface area contributed by atoms with Crippen LogP contribution < -0.4 is 11.2 Å². The fraction of sp³-hybridized carbons (Fsp3) is 0.231. The fourth-order valence-electron chi connectivity index (χ4n) is 1.85. The van der Waals surface area contributed by atoms with Crippen LogP contribution in [-0.4, -0.2) is 15.6 Å². The van der Waals surface area contributed by atoms with E-state index in [1.807, 2.05) is 0 Å². The molecule has 0 spiro atoms. The number of carbonyl (C=O) groups excluding carboxylic acids is 1. The smallest absolute Gasteiger partial charge is 0.365 e. The standard InChI is InChI=1S/C13H13F3N4O/c1-7-3-4-8(2)20(7)19-12-9(11(17)21)5-6-10(18-12)13(14,15)16/h3-6H,1-2H3,(H2,17,21)(H,18,19). The Bertz CT molecular complexity index is 672. The molecule has 0 radical (unpaired) electrons. The largest absolute Gasteiger partial charge is 0.433 e. The van der Waals surface area contributed by atoms with Crippen LogP contribution in [0.4, 0.5) is 19.0 Å². The number of aryl methyl sites for hydroxylation is 2. The van der Waals surface area contributed by atoms with Crippen LogP contribution in [0.5, 0.6) is 0 Å². The SMILES string of the molecule is Cc1ccc(C)n1Nc1nc(C(F)(F)F)ccc1C(N)=O. The third-order valence-electron chi connectivity index (χ3n) is 2.94. The number of anilines is 1. The first-order valence-electron chi connectivity index (χ1n) is 6.00. The summed E-state index contributed by atoms with van der Waals surface area (Å²) in [5, 5.41) is 0. The minimum Gasteiger partial charge on any atom is -0.365 e. The molecule has 2 heterocycles. The van der Waals surface area contributed by atoms with Crippen molar-refractivity contribution in [1.82, 2.24) is 9.66 Å². The summed E-state index contributed by atoms with van der Waals surface area (Å²) in [6, 6.07) is 5.29. The van der Waals surface area contributed by atoms with Gasteiger partial charge in [-0.1, -0.05) is 0 Å². The number of pyridine rings is 1. The summed E-state index contributed by atoms with van der Waals surface area (Å²) in [5.41, 5.74) is 8.15. The number of aromatic nitrogens is 2. The van der Waals surface area contributed by atoms with Gasteiger partial charge in [0.25, 0.3) is 5.91 Å². The quantitative estimate of drug-likeness (QED) is 0.914. The second-order valence-corrected chi connectivity index (χ2v) is 4.52. The average molecular weight is 298 g/mol. The average Bonchev–Trinajstić information content (AvgIpc) is 2.69. The fourth-order valence-corrected chi connectivity index (χ4v) is 1.85. The Morgan fingerprint density at radius 1 is 1.19 bits per heavy atom. The Morgan fingerprint density at radius 2 is 1.76 bits per heavy atom. The molecule has 0 saturated heterocycles. The molecule has 0 fully saturated rings. The van der Waals surface area contributed by atoms with Crippen molar-refractivity contribution in [1.29, 1.82) is 0 Å². The van der Waals surface area contributed by atoms with Crippen molar-refractivity contribution < 1.29 is 18.0 Å². The van der Waals surface area contributed by atoms with E-state index in [9.17, 15) is 18.0 Å². The second kappa shape index (κ2) is 5.12. The predicted octanol–water partition coefficient (Wildman–Crippen LogP) is 2.49. The van der Waals surface area contributed by atoms with Gasteiger partial charge in [0.05, 0.1) is 5.56 Å². The van der Waals surface area contributed by atoms with Crippen molar-refractivity contribution in [2.75, 3.05) is 5.43 Å². The van der Waals surface area contributed by atoms with E-state index < -0.39 is 17.8 Å². The highest BCUT2D eigenvalue weighted by Crippen LogP contribution is 2.29. The molecule has 0 aromatic carbocycles. The monoisotopic (exact) mass is 298 g/mol. The van der Waals surface area contributed by atoms with Crippen molar-refractivity contribution in [2.45, 2.75) is 20.0 Å². The number of nitrogens with one attached hydrogen (secondary N) is 1. The molecular formula is C13H13F3N4O. The van der Waals surface area contributed by atoms with E-state index >= 15 is 0 Å². The summed E-state index contributed by atoms with van der Waals surface area (Å²) in [6.45, 7) is 3.52. The number of hydrogen-bond acceptors (Lipinski definition) is 3. The molecule has 0 aliphatic carbocycles. The minimum absolute atomic E-state index is 0.115. The molecule has 3 N–H and O–H groups in total. The van der Waals surface area contributed by atoms with Crippen LogP contribution in [-0.2, 0) is 6.18 Å². The van der Waals surface area contributed by atoms with E-state index in [-0.39, 0.29) is 11.4 Å². The first-order valence-corrected chi connectivity index (χ1v) is 6.00. The molecule has 0 aliphatic rings. The van der Waals surface area contributed by atoms with Gasteiger partial charge in [-0.05, 0) is 38.1 Å². The molecule has 5 nitrogen and oxygen atoms in total. The third-order valence-corrected chi connectivity index (χ3v) is 2.94. The Balaban J connectivity index is 2.52. The van der Waals surface area contributed by atoms with Gasteiger partial charge >= 0.3 is 6.18 Å². The number of nitrogens with two attached hydrogens (primary N) is 1. The van der Waals surface area contributed by atoms with E-state index in [4.69, 9.17) is 5.73 Å². The summed E-state index contributed by atoms with van der Waals surface area (Å²) >= 11 is 0. The number of carbonyl (C=O) groups is 1. The molecule has 112 valence electrons. The van der Waals surface area contributed by atoms with Crippen molar-refractivity contribution in [3.8, 4) is 0 Å². The van der Waals surface area contributed by atoms with E-state index in [1.54, 1.807) is 26.0 Å². The summed E-state index contributed by atoms with van der Waals surface area (Å²) in [5.74, 6) is -1.10. The number of hydrogen-bond donors (Lipinski definition) is 2. The maximum atomic E-state index is 12.7. The van der Waals surface area contributed by atoms with Gasteiger partial charge in [-0.25, -0.2) is 4.98 Å². The van der Waals surface area contributed by atoms with Crippen molar-refractivity contribution in [2.24, 2.45) is 5.73 Å². The van der Waals surface area contributed by atoms with E-state index in [0.29, 0.717) is 0 Å². The van der Waals surface area contributed by atoms with Crippen LogP contribution in [0.25, 0.3) is 0 Å². The summed E-state index contributed by atoms with van der Waals surface area (Å²) in [4.78, 5) is 14.8. The van der Waals surface area contributed by atoms with Gasteiger partial charge < -0.3 is 5.73 Å². The lowest BCUT2D eigenvalue weighted by molar-refractivity contribution is -0.141. The molecule has 2 aromatic rings. The van der Waals surface area contributed by atoms with Crippen molar-refractivity contribution in [3.05, 3.63) is 46.9 Å². The lowest BCUT2D eigenvalue weighted by Gasteiger charge is -2.15. The van der Waals surface area contributed by atoms with Gasteiger partial charge in [-0.3, -0.25) is 14.9 Å². The highest BCUT2D eigenvalue weighted by Gasteiger charge is 2.33. The Labute approximate surface area is 118 Å². The maximum Gasteiger partial charge on any atom is 0.433 e. The molecule has 0 saturated carbocycles.